The van der Waals surface area contributed by atoms with Crippen molar-refractivity contribution < 1.29 is 4.79 Å². The summed E-state index contributed by atoms with van der Waals surface area (Å²) in [6.07, 6.45) is 0. The zero-order valence-corrected chi connectivity index (χ0v) is 13.4. The molecule has 0 atom stereocenters. The molecule has 23 heavy (non-hydrogen) atoms. The number of benzene rings is 2. The fourth-order valence-corrected chi connectivity index (χ4v) is 3.39. The Hall–Kier alpha value is -2.53. The predicted octanol–water partition coefficient (Wildman–Crippen LogP) is 3.99. The number of nitrogens with one attached hydrogen (secondary N) is 2. The topological polar surface area (TPSA) is 57.2 Å². The fraction of sp³-hybridized carbons (Fsp3) is 0.111. The van der Waals surface area contributed by atoms with Gasteiger partial charge in [-0.15, -0.1) is 0 Å². The molecule has 1 aliphatic heterocycles. The highest BCUT2D eigenvalue weighted by Crippen LogP contribution is 2.38. The van der Waals surface area contributed by atoms with Crippen LogP contribution in [0.4, 0.5) is 5.69 Å². The number of thioether (sulfide) groups is 1. The van der Waals surface area contributed by atoms with Crippen molar-refractivity contribution >= 4 is 39.4 Å². The Morgan fingerprint density at radius 3 is 2.70 bits per heavy atom. The Kier molecular flexibility index (Phi) is 3.42. The second-order valence-corrected chi connectivity index (χ2v) is 6.48. The molecule has 0 bridgehead atoms. The summed E-state index contributed by atoms with van der Waals surface area (Å²) < 4.78 is 0. The lowest BCUT2D eigenvalue weighted by Gasteiger charge is -2.02. The van der Waals surface area contributed by atoms with Gasteiger partial charge in [0.05, 0.1) is 17.1 Å². The van der Waals surface area contributed by atoms with Crippen LogP contribution in [0.3, 0.4) is 0 Å². The van der Waals surface area contributed by atoms with E-state index in [-0.39, 0.29) is 5.91 Å². The Morgan fingerprint density at radius 1 is 1.13 bits per heavy atom. The van der Waals surface area contributed by atoms with Gasteiger partial charge in [-0.25, -0.2) is 4.99 Å². The number of aryl methyl sites for hydroxylation is 1. The largest absolute Gasteiger partial charge is 0.353 e. The molecule has 4 nitrogen and oxygen atoms in total. The van der Waals surface area contributed by atoms with E-state index in [4.69, 9.17) is 4.99 Å². The molecule has 1 amide bonds. The average Bonchev–Trinajstić information content (AvgIpc) is 3.13. The summed E-state index contributed by atoms with van der Waals surface area (Å²) in [7, 11) is 0. The molecule has 2 heterocycles. The van der Waals surface area contributed by atoms with Gasteiger partial charge in [-0.05, 0) is 19.1 Å². The third-order valence-corrected chi connectivity index (χ3v) is 4.66. The van der Waals surface area contributed by atoms with Gasteiger partial charge in [0.2, 0.25) is 5.91 Å². The molecule has 0 spiro atoms. The lowest BCUT2D eigenvalue weighted by molar-refractivity contribution is -0.116. The normalized spacial score (nSPS) is 16.2. The molecule has 5 heteroatoms. The van der Waals surface area contributed by atoms with Crippen LogP contribution in [-0.4, -0.2) is 21.8 Å². The summed E-state index contributed by atoms with van der Waals surface area (Å²) in [6, 6.07) is 16.4. The van der Waals surface area contributed by atoms with Crippen LogP contribution in [0.2, 0.25) is 0 Å². The molecule has 0 aliphatic carbocycles. The van der Waals surface area contributed by atoms with Crippen molar-refractivity contribution in [3.05, 3.63) is 54.1 Å². The van der Waals surface area contributed by atoms with Crippen molar-refractivity contribution in [2.45, 2.75) is 6.92 Å². The molecule has 0 radical (unpaired) electrons. The summed E-state index contributed by atoms with van der Waals surface area (Å²) in [6.45, 7) is 2.07. The standard InChI is InChI=1S/C18H15N3OS/c1-11-7-8-14-13(9-11)17(21-18-20-15(22)10-23-18)16(19-14)12-5-3-2-4-6-12/h2-9,19H,10H2,1H3,(H,20,21,22). The molecule has 0 unspecified atom stereocenters. The minimum absolute atomic E-state index is 0.00559. The van der Waals surface area contributed by atoms with Crippen molar-refractivity contribution in [1.82, 2.24) is 10.3 Å². The first-order valence-electron chi connectivity index (χ1n) is 7.40. The number of carbonyl (C=O) groups is 1. The van der Waals surface area contributed by atoms with E-state index in [0.717, 1.165) is 27.8 Å². The van der Waals surface area contributed by atoms with Crippen LogP contribution in [0, 0.1) is 6.92 Å². The van der Waals surface area contributed by atoms with Crippen LogP contribution in [-0.2, 0) is 4.79 Å². The average molecular weight is 321 g/mol. The number of nitrogens with zero attached hydrogens (tertiary/aromatic N) is 1. The molecular weight excluding hydrogens is 306 g/mol. The van der Waals surface area contributed by atoms with Crippen molar-refractivity contribution in [2.75, 3.05) is 5.75 Å². The number of fused-ring (bicyclic) bond motifs is 1. The number of rotatable bonds is 2. The number of aromatic nitrogens is 1. The van der Waals surface area contributed by atoms with E-state index >= 15 is 0 Å². The van der Waals surface area contributed by atoms with E-state index in [2.05, 4.69) is 47.6 Å². The molecule has 1 aliphatic rings. The smallest absolute Gasteiger partial charge is 0.236 e. The van der Waals surface area contributed by atoms with Crippen molar-refractivity contribution in [2.24, 2.45) is 4.99 Å². The highest BCUT2D eigenvalue weighted by Gasteiger charge is 2.19. The molecule has 114 valence electrons. The van der Waals surface area contributed by atoms with Gasteiger partial charge in [-0.2, -0.15) is 0 Å². The van der Waals surface area contributed by atoms with Gasteiger partial charge >= 0.3 is 0 Å². The summed E-state index contributed by atoms with van der Waals surface area (Å²) in [5.41, 5.74) is 5.15. The highest BCUT2D eigenvalue weighted by atomic mass is 32.2. The van der Waals surface area contributed by atoms with Crippen LogP contribution < -0.4 is 5.32 Å². The Morgan fingerprint density at radius 2 is 1.96 bits per heavy atom. The SMILES string of the molecule is Cc1ccc2[nH]c(-c3ccccc3)c(N=C3NC(=O)CS3)c2c1. The molecule has 1 saturated heterocycles. The molecule has 2 N–H and O–H groups in total. The fourth-order valence-electron chi connectivity index (χ4n) is 2.71. The van der Waals surface area contributed by atoms with Crippen molar-refractivity contribution in [1.29, 1.82) is 0 Å². The zero-order valence-electron chi connectivity index (χ0n) is 12.6. The van der Waals surface area contributed by atoms with E-state index < -0.39 is 0 Å². The van der Waals surface area contributed by atoms with E-state index in [0.29, 0.717) is 10.9 Å². The van der Waals surface area contributed by atoms with Gasteiger partial charge < -0.3 is 10.3 Å². The van der Waals surface area contributed by atoms with Gasteiger partial charge in [-0.3, -0.25) is 4.79 Å². The first-order valence-corrected chi connectivity index (χ1v) is 8.38. The number of aromatic amines is 1. The number of carbonyl (C=O) groups excluding carboxylic acids is 1. The first kappa shape index (κ1) is 14.1. The number of amidine groups is 1. The van der Waals surface area contributed by atoms with E-state index in [1.165, 1.54) is 17.3 Å². The van der Waals surface area contributed by atoms with Gasteiger partial charge in [0.1, 0.15) is 0 Å². The predicted molar refractivity (Wildman–Crippen MR) is 96.2 cm³/mol. The lowest BCUT2D eigenvalue weighted by Crippen LogP contribution is -2.19. The number of aliphatic imine (C=N–C) groups is 1. The van der Waals surface area contributed by atoms with Gasteiger partial charge in [0, 0.05) is 16.5 Å². The van der Waals surface area contributed by atoms with Crippen LogP contribution >= 0.6 is 11.8 Å². The van der Waals surface area contributed by atoms with Gasteiger partial charge in [0.25, 0.3) is 0 Å². The van der Waals surface area contributed by atoms with E-state index in [1.807, 2.05) is 18.2 Å². The summed E-state index contributed by atoms with van der Waals surface area (Å²) in [5, 5.41) is 4.54. The van der Waals surface area contributed by atoms with Gasteiger partial charge in [0.15, 0.2) is 5.17 Å². The zero-order chi connectivity index (χ0) is 15.8. The van der Waals surface area contributed by atoms with Crippen LogP contribution in [0.5, 0.6) is 0 Å². The van der Waals surface area contributed by atoms with Crippen molar-refractivity contribution in [3.63, 3.8) is 0 Å². The van der Waals surface area contributed by atoms with Crippen molar-refractivity contribution in [3.8, 4) is 11.3 Å². The number of hydrogen-bond donors (Lipinski definition) is 2. The monoisotopic (exact) mass is 321 g/mol. The Labute approximate surface area is 138 Å². The summed E-state index contributed by atoms with van der Waals surface area (Å²) >= 11 is 1.44. The molecule has 1 fully saturated rings. The minimum atomic E-state index is 0.00559. The quantitative estimate of drug-likeness (QED) is 0.749. The first-order chi connectivity index (χ1) is 11.2. The molecule has 0 saturated carbocycles. The number of H-pyrrole nitrogens is 1. The van der Waals surface area contributed by atoms with Crippen LogP contribution in [0.1, 0.15) is 5.56 Å². The third kappa shape index (κ3) is 2.64. The summed E-state index contributed by atoms with van der Waals surface area (Å²) in [5.74, 6) is 0.437. The second kappa shape index (κ2) is 5.59. The number of amides is 1. The minimum Gasteiger partial charge on any atom is -0.353 e. The maximum absolute atomic E-state index is 11.4. The number of hydrogen-bond acceptors (Lipinski definition) is 3. The lowest BCUT2D eigenvalue weighted by atomic mass is 10.1. The second-order valence-electron chi connectivity index (χ2n) is 5.52. The van der Waals surface area contributed by atoms with E-state index in [9.17, 15) is 4.79 Å². The molecule has 1 aromatic heterocycles. The molecule has 4 rings (SSSR count). The molecule has 3 aromatic rings. The molecular formula is C18H15N3OS. The van der Waals surface area contributed by atoms with E-state index in [1.54, 1.807) is 0 Å². The third-order valence-electron chi connectivity index (χ3n) is 3.79. The highest BCUT2D eigenvalue weighted by molar-refractivity contribution is 8.15. The maximum Gasteiger partial charge on any atom is 0.236 e. The van der Waals surface area contributed by atoms with Gasteiger partial charge in [-0.1, -0.05) is 53.7 Å². The maximum atomic E-state index is 11.4. The summed E-state index contributed by atoms with van der Waals surface area (Å²) in [4.78, 5) is 19.6. The van der Waals surface area contributed by atoms with Crippen LogP contribution in [0.15, 0.2) is 53.5 Å². The molecule has 2 aromatic carbocycles. The van der Waals surface area contributed by atoms with Crippen LogP contribution in [0.25, 0.3) is 22.2 Å². The Balaban J connectivity index is 1.95. The Bertz CT molecular complexity index is 928.